The van der Waals surface area contributed by atoms with Gasteiger partial charge >= 0.3 is 0 Å². The summed E-state index contributed by atoms with van der Waals surface area (Å²) in [7, 11) is 0. The lowest BCUT2D eigenvalue weighted by molar-refractivity contribution is -0.385. The number of furan rings is 1. The van der Waals surface area contributed by atoms with Crippen molar-refractivity contribution in [2.75, 3.05) is 0 Å². The van der Waals surface area contributed by atoms with E-state index in [0.717, 1.165) is 5.56 Å². The molecule has 9 heteroatoms. The highest BCUT2D eigenvalue weighted by atomic mass is 32.1. The van der Waals surface area contributed by atoms with Crippen LogP contribution in [0.3, 0.4) is 0 Å². The first-order chi connectivity index (χ1) is 12.3. The van der Waals surface area contributed by atoms with Gasteiger partial charge < -0.3 is 4.42 Å². The summed E-state index contributed by atoms with van der Waals surface area (Å²) in [6, 6.07) is 6.38. The number of hydrogen-bond donors (Lipinski definition) is 2. The van der Waals surface area contributed by atoms with Gasteiger partial charge in [0, 0.05) is 17.2 Å². The summed E-state index contributed by atoms with van der Waals surface area (Å²) < 4.78 is 5.63. The molecule has 0 unspecified atom stereocenters. The number of carbonyl (C=O) groups excluding carboxylic acids is 2. The van der Waals surface area contributed by atoms with Crippen molar-refractivity contribution in [1.82, 2.24) is 10.6 Å². The SMILES string of the molecule is Cc1cc(-c2ccc(C=C3C(=O)NC(=S)NC3=O)o2)cc([N+](=O)[O-])c1C. The standard InChI is InChI=1S/C17H13N3O5S/c1-8-5-10(6-13(9(8)2)20(23)24)14-4-3-11(25-14)7-12-15(21)18-17(26)19-16(12)22/h3-7H,1-2H3,(H2,18,19,21,22,26). The van der Waals surface area contributed by atoms with Crippen LogP contribution in [0.4, 0.5) is 5.69 Å². The summed E-state index contributed by atoms with van der Waals surface area (Å²) in [4.78, 5) is 34.5. The van der Waals surface area contributed by atoms with Crippen molar-refractivity contribution in [3.05, 3.63) is 56.8 Å². The Balaban J connectivity index is 1.97. The molecule has 1 aliphatic rings. The number of carbonyl (C=O) groups is 2. The summed E-state index contributed by atoms with van der Waals surface area (Å²) in [6.45, 7) is 3.46. The molecular formula is C17H13N3O5S. The maximum absolute atomic E-state index is 11.9. The average Bonchev–Trinajstić information content (AvgIpc) is 3.01. The largest absolute Gasteiger partial charge is 0.457 e. The Bertz CT molecular complexity index is 984. The molecule has 2 amide bonds. The van der Waals surface area contributed by atoms with Gasteiger partial charge in [-0.2, -0.15) is 0 Å². The number of nitrogens with one attached hydrogen (secondary N) is 2. The van der Waals surface area contributed by atoms with E-state index in [-0.39, 0.29) is 22.1 Å². The summed E-state index contributed by atoms with van der Waals surface area (Å²) in [6.07, 6.45) is 1.28. The Labute approximate surface area is 153 Å². The first kappa shape index (κ1) is 17.5. The molecule has 26 heavy (non-hydrogen) atoms. The van der Waals surface area contributed by atoms with E-state index in [4.69, 9.17) is 16.6 Å². The number of rotatable bonds is 3. The molecule has 132 valence electrons. The van der Waals surface area contributed by atoms with Gasteiger partial charge in [0.05, 0.1) is 4.92 Å². The van der Waals surface area contributed by atoms with Gasteiger partial charge in [-0.1, -0.05) is 0 Å². The predicted octanol–water partition coefficient (Wildman–Crippen LogP) is 2.39. The van der Waals surface area contributed by atoms with E-state index in [9.17, 15) is 19.7 Å². The number of hydrogen-bond acceptors (Lipinski definition) is 6. The van der Waals surface area contributed by atoms with Crippen LogP contribution in [0.5, 0.6) is 0 Å². The molecule has 0 atom stereocenters. The monoisotopic (exact) mass is 371 g/mol. The van der Waals surface area contributed by atoms with E-state index in [1.54, 1.807) is 32.0 Å². The van der Waals surface area contributed by atoms with Gasteiger partial charge in [0.1, 0.15) is 17.1 Å². The third kappa shape index (κ3) is 3.24. The molecule has 1 aliphatic heterocycles. The van der Waals surface area contributed by atoms with Crippen molar-refractivity contribution in [2.45, 2.75) is 13.8 Å². The van der Waals surface area contributed by atoms with Crippen LogP contribution in [0.2, 0.25) is 0 Å². The van der Waals surface area contributed by atoms with Crippen LogP contribution < -0.4 is 10.6 Å². The molecule has 1 fully saturated rings. The second-order valence-corrected chi connectivity index (χ2v) is 6.10. The van der Waals surface area contributed by atoms with E-state index in [1.807, 2.05) is 0 Å². The summed E-state index contributed by atoms with van der Waals surface area (Å²) in [5.41, 5.74) is 1.72. The molecule has 3 rings (SSSR count). The number of aryl methyl sites for hydroxylation is 1. The minimum Gasteiger partial charge on any atom is -0.457 e. The van der Waals surface area contributed by atoms with Crippen molar-refractivity contribution in [1.29, 1.82) is 0 Å². The Morgan fingerprint density at radius 2 is 1.81 bits per heavy atom. The van der Waals surface area contributed by atoms with E-state index in [1.165, 1.54) is 12.1 Å². The van der Waals surface area contributed by atoms with Crippen LogP contribution in [0.15, 0.2) is 34.3 Å². The number of nitro benzene ring substituents is 1. The Morgan fingerprint density at radius 3 is 2.42 bits per heavy atom. The van der Waals surface area contributed by atoms with E-state index < -0.39 is 16.7 Å². The van der Waals surface area contributed by atoms with Gasteiger partial charge in [0.25, 0.3) is 17.5 Å². The van der Waals surface area contributed by atoms with Crippen LogP contribution in [0, 0.1) is 24.0 Å². The lowest BCUT2D eigenvalue weighted by Gasteiger charge is -2.15. The molecule has 2 heterocycles. The fourth-order valence-corrected chi connectivity index (χ4v) is 2.69. The molecule has 2 aromatic rings. The quantitative estimate of drug-likeness (QED) is 0.281. The fourth-order valence-electron chi connectivity index (χ4n) is 2.51. The highest BCUT2D eigenvalue weighted by molar-refractivity contribution is 7.80. The minimum absolute atomic E-state index is 0.00384. The smallest absolute Gasteiger partial charge is 0.273 e. The zero-order chi connectivity index (χ0) is 19.0. The Kier molecular flexibility index (Phi) is 4.39. The van der Waals surface area contributed by atoms with Crippen molar-refractivity contribution in [2.24, 2.45) is 0 Å². The van der Waals surface area contributed by atoms with Gasteiger partial charge in [-0.15, -0.1) is 0 Å². The zero-order valence-corrected chi connectivity index (χ0v) is 14.6. The van der Waals surface area contributed by atoms with Gasteiger partial charge in [-0.3, -0.25) is 30.3 Å². The van der Waals surface area contributed by atoms with Gasteiger partial charge in [0.15, 0.2) is 5.11 Å². The zero-order valence-electron chi connectivity index (χ0n) is 13.8. The van der Waals surface area contributed by atoms with E-state index in [0.29, 0.717) is 16.9 Å². The summed E-state index contributed by atoms with van der Waals surface area (Å²) in [5.74, 6) is -0.610. The third-order valence-electron chi connectivity index (χ3n) is 3.98. The van der Waals surface area contributed by atoms with Crippen molar-refractivity contribution < 1.29 is 18.9 Å². The second kappa shape index (κ2) is 6.52. The third-order valence-corrected chi connectivity index (χ3v) is 4.18. The average molecular weight is 371 g/mol. The Hall–Kier alpha value is -3.33. The predicted molar refractivity (Wildman–Crippen MR) is 97.1 cm³/mol. The van der Waals surface area contributed by atoms with E-state index >= 15 is 0 Å². The molecule has 0 spiro atoms. The lowest BCUT2D eigenvalue weighted by atomic mass is 10.0. The van der Waals surface area contributed by atoms with Gasteiger partial charge in [0.2, 0.25) is 0 Å². The molecule has 1 saturated heterocycles. The molecule has 0 aliphatic carbocycles. The molecule has 0 bridgehead atoms. The second-order valence-electron chi connectivity index (χ2n) is 5.69. The van der Waals surface area contributed by atoms with Gasteiger partial charge in [-0.25, -0.2) is 0 Å². The van der Waals surface area contributed by atoms with Crippen LogP contribution in [-0.4, -0.2) is 21.9 Å². The van der Waals surface area contributed by atoms with Crippen LogP contribution in [0.1, 0.15) is 16.9 Å². The molecule has 0 radical (unpaired) electrons. The fraction of sp³-hybridized carbons (Fsp3) is 0.118. The first-order valence-corrected chi connectivity index (χ1v) is 7.91. The number of thiocarbonyl (C=S) groups is 1. The molecule has 2 N–H and O–H groups in total. The van der Waals surface area contributed by atoms with Gasteiger partial charge in [-0.05, 0) is 55.9 Å². The van der Waals surface area contributed by atoms with Crippen molar-refractivity contribution >= 4 is 40.9 Å². The van der Waals surface area contributed by atoms with Crippen molar-refractivity contribution in [3.63, 3.8) is 0 Å². The van der Waals surface area contributed by atoms with Crippen LogP contribution in [-0.2, 0) is 9.59 Å². The molecule has 8 nitrogen and oxygen atoms in total. The maximum atomic E-state index is 11.9. The maximum Gasteiger partial charge on any atom is 0.273 e. The number of nitrogens with zero attached hydrogens (tertiary/aromatic N) is 1. The normalized spacial score (nSPS) is 14.1. The summed E-state index contributed by atoms with van der Waals surface area (Å²) in [5, 5.41) is 15.8. The first-order valence-electron chi connectivity index (χ1n) is 7.50. The van der Waals surface area contributed by atoms with Crippen LogP contribution >= 0.6 is 12.2 Å². The molecule has 0 saturated carbocycles. The molecule has 1 aromatic carbocycles. The highest BCUT2D eigenvalue weighted by Crippen LogP contribution is 2.31. The van der Waals surface area contributed by atoms with E-state index in [2.05, 4.69) is 10.6 Å². The topological polar surface area (TPSA) is 114 Å². The molecule has 1 aromatic heterocycles. The minimum atomic E-state index is -0.626. The number of nitro groups is 1. The van der Waals surface area contributed by atoms with Crippen LogP contribution in [0.25, 0.3) is 17.4 Å². The highest BCUT2D eigenvalue weighted by Gasteiger charge is 2.26. The van der Waals surface area contributed by atoms with Crippen molar-refractivity contribution in [3.8, 4) is 11.3 Å². The Morgan fingerprint density at radius 1 is 1.15 bits per heavy atom. The molecular weight excluding hydrogens is 358 g/mol. The number of benzene rings is 1. The lowest BCUT2D eigenvalue weighted by Crippen LogP contribution is -2.51. The number of amides is 2. The summed E-state index contributed by atoms with van der Waals surface area (Å²) >= 11 is 4.73.